The Hall–Kier alpha value is -2.01. The van der Waals surface area contributed by atoms with Crippen LogP contribution in [0.3, 0.4) is 0 Å². The number of aryl methyl sites for hydroxylation is 1. The van der Waals surface area contributed by atoms with Gasteiger partial charge in [0.15, 0.2) is 0 Å². The van der Waals surface area contributed by atoms with Crippen molar-refractivity contribution >= 4 is 29.1 Å². The Kier molecular flexibility index (Phi) is 5.44. The highest BCUT2D eigenvalue weighted by Crippen LogP contribution is 2.32. The lowest BCUT2D eigenvalue weighted by molar-refractivity contribution is 0.416. The minimum Gasteiger partial charge on any atom is -0.495 e. The summed E-state index contributed by atoms with van der Waals surface area (Å²) in [5, 5.41) is 3.87. The second kappa shape index (κ2) is 7.31. The molecular weight excluding hydrogens is 300 g/mol. The van der Waals surface area contributed by atoms with Gasteiger partial charge in [-0.3, -0.25) is 0 Å². The quantitative estimate of drug-likeness (QED) is 0.870. The van der Waals surface area contributed by atoms with Crippen molar-refractivity contribution in [2.24, 2.45) is 0 Å². The average molecular weight is 321 g/mol. The maximum Gasteiger partial charge on any atom is 0.229 e. The molecule has 2 aromatic rings. The Morgan fingerprint density at radius 3 is 2.64 bits per heavy atom. The number of rotatable bonds is 6. The number of ether oxygens (including phenoxy) is 1. The molecule has 0 unspecified atom stereocenters. The SMILES string of the molecule is CCN(CC)c1ccnc(Nc2cc(C)c(Cl)cc2OC)n1. The summed E-state index contributed by atoms with van der Waals surface area (Å²) in [4.78, 5) is 11.0. The van der Waals surface area contributed by atoms with Gasteiger partial charge in [0.1, 0.15) is 11.6 Å². The van der Waals surface area contributed by atoms with E-state index >= 15 is 0 Å². The van der Waals surface area contributed by atoms with Crippen molar-refractivity contribution < 1.29 is 4.74 Å². The standard InChI is InChI=1S/C16H21ClN4O/c1-5-21(6-2)15-7-8-18-16(20-15)19-13-9-11(3)12(17)10-14(13)22-4/h7-10H,5-6H2,1-4H3,(H,18,19,20). The van der Waals surface area contributed by atoms with E-state index in [0.29, 0.717) is 16.7 Å². The fourth-order valence-corrected chi connectivity index (χ4v) is 2.34. The topological polar surface area (TPSA) is 50.3 Å². The van der Waals surface area contributed by atoms with Crippen molar-refractivity contribution in [1.82, 2.24) is 9.97 Å². The Morgan fingerprint density at radius 1 is 1.27 bits per heavy atom. The van der Waals surface area contributed by atoms with Crippen LogP contribution in [0, 0.1) is 6.92 Å². The van der Waals surface area contributed by atoms with E-state index in [9.17, 15) is 0 Å². The van der Waals surface area contributed by atoms with Gasteiger partial charge in [-0.2, -0.15) is 4.98 Å². The van der Waals surface area contributed by atoms with Crippen molar-refractivity contribution in [3.05, 3.63) is 35.0 Å². The number of hydrogen-bond donors (Lipinski definition) is 1. The maximum atomic E-state index is 6.13. The molecule has 0 fully saturated rings. The van der Waals surface area contributed by atoms with Gasteiger partial charge >= 0.3 is 0 Å². The minimum atomic E-state index is 0.532. The number of hydrogen-bond acceptors (Lipinski definition) is 5. The Morgan fingerprint density at radius 2 is 2.00 bits per heavy atom. The lowest BCUT2D eigenvalue weighted by atomic mass is 10.2. The molecule has 1 N–H and O–H groups in total. The van der Waals surface area contributed by atoms with E-state index in [0.717, 1.165) is 30.2 Å². The predicted molar refractivity (Wildman–Crippen MR) is 91.6 cm³/mol. The summed E-state index contributed by atoms with van der Waals surface area (Å²) < 4.78 is 5.36. The van der Waals surface area contributed by atoms with Crippen LogP contribution in [-0.4, -0.2) is 30.2 Å². The molecule has 0 bridgehead atoms. The van der Waals surface area contributed by atoms with Crippen molar-refractivity contribution in [2.45, 2.75) is 20.8 Å². The van der Waals surface area contributed by atoms with Crippen LogP contribution in [0.1, 0.15) is 19.4 Å². The maximum absolute atomic E-state index is 6.13. The molecule has 0 aliphatic heterocycles. The van der Waals surface area contributed by atoms with Gasteiger partial charge in [-0.05, 0) is 38.5 Å². The van der Waals surface area contributed by atoms with Crippen molar-refractivity contribution in [2.75, 3.05) is 30.4 Å². The molecule has 118 valence electrons. The molecule has 0 aliphatic carbocycles. The molecule has 0 atom stereocenters. The molecular formula is C16H21ClN4O. The third kappa shape index (κ3) is 3.60. The molecule has 1 heterocycles. The van der Waals surface area contributed by atoms with E-state index < -0.39 is 0 Å². The van der Waals surface area contributed by atoms with E-state index in [2.05, 4.69) is 34.0 Å². The van der Waals surface area contributed by atoms with Gasteiger partial charge in [0.05, 0.1) is 12.8 Å². The van der Waals surface area contributed by atoms with Gasteiger partial charge in [-0.1, -0.05) is 11.6 Å². The third-order valence-electron chi connectivity index (χ3n) is 3.46. The smallest absolute Gasteiger partial charge is 0.229 e. The van der Waals surface area contributed by atoms with E-state index in [1.807, 2.05) is 19.1 Å². The van der Waals surface area contributed by atoms with Gasteiger partial charge < -0.3 is 15.0 Å². The van der Waals surface area contributed by atoms with E-state index in [1.54, 1.807) is 19.4 Å². The van der Waals surface area contributed by atoms with Crippen LogP contribution < -0.4 is 15.0 Å². The first-order valence-corrected chi connectivity index (χ1v) is 7.66. The molecule has 22 heavy (non-hydrogen) atoms. The number of benzene rings is 1. The van der Waals surface area contributed by atoms with Crippen LogP contribution in [0.2, 0.25) is 5.02 Å². The van der Waals surface area contributed by atoms with Crippen LogP contribution in [0.25, 0.3) is 0 Å². The fourth-order valence-electron chi connectivity index (χ4n) is 2.18. The largest absolute Gasteiger partial charge is 0.495 e. The van der Waals surface area contributed by atoms with Crippen molar-refractivity contribution in [3.63, 3.8) is 0 Å². The molecule has 2 rings (SSSR count). The monoisotopic (exact) mass is 320 g/mol. The summed E-state index contributed by atoms with van der Waals surface area (Å²) in [6.45, 7) is 7.95. The lowest BCUT2D eigenvalue weighted by Gasteiger charge is -2.20. The highest BCUT2D eigenvalue weighted by molar-refractivity contribution is 6.31. The summed E-state index contributed by atoms with van der Waals surface area (Å²) in [7, 11) is 1.61. The minimum absolute atomic E-state index is 0.532. The van der Waals surface area contributed by atoms with E-state index in [1.165, 1.54) is 0 Å². The van der Waals surface area contributed by atoms with Crippen LogP contribution >= 0.6 is 11.6 Å². The summed E-state index contributed by atoms with van der Waals surface area (Å²) in [6.07, 6.45) is 1.75. The Balaban J connectivity index is 2.31. The second-order valence-corrected chi connectivity index (χ2v) is 5.24. The number of aromatic nitrogens is 2. The van der Waals surface area contributed by atoms with Gasteiger partial charge in [-0.15, -0.1) is 0 Å². The van der Waals surface area contributed by atoms with Crippen LogP contribution in [-0.2, 0) is 0 Å². The first kappa shape index (κ1) is 16.4. The van der Waals surface area contributed by atoms with Gasteiger partial charge in [0, 0.05) is 30.4 Å². The molecule has 0 saturated carbocycles. The Labute approximate surface area is 136 Å². The number of nitrogens with one attached hydrogen (secondary N) is 1. The number of halogens is 1. The molecule has 0 spiro atoms. The first-order chi connectivity index (χ1) is 10.6. The lowest BCUT2D eigenvalue weighted by Crippen LogP contribution is -2.23. The summed E-state index contributed by atoms with van der Waals surface area (Å²) >= 11 is 6.13. The third-order valence-corrected chi connectivity index (χ3v) is 3.86. The zero-order valence-electron chi connectivity index (χ0n) is 13.4. The highest BCUT2D eigenvalue weighted by atomic mass is 35.5. The average Bonchev–Trinajstić information content (AvgIpc) is 2.52. The van der Waals surface area contributed by atoms with Crippen molar-refractivity contribution in [1.29, 1.82) is 0 Å². The van der Waals surface area contributed by atoms with Gasteiger partial charge in [-0.25, -0.2) is 4.98 Å². The second-order valence-electron chi connectivity index (χ2n) is 4.84. The van der Waals surface area contributed by atoms with Crippen LogP contribution in [0.5, 0.6) is 5.75 Å². The molecule has 0 radical (unpaired) electrons. The molecule has 0 aliphatic rings. The summed E-state index contributed by atoms with van der Waals surface area (Å²) in [5.41, 5.74) is 1.76. The normalized spacial score (nSPS) is 10.4. The van der Waals surface area contributed by atoms with Gasteiger partial charge in [0.2, 0.25) is 5.95 Å². The van der Waals surface area contributed by atoms with Crippen LogP contribution in [0.4, 0.5) is 17.5 Å². The first-order valence-electron chi connectivity index (χ1n) is 7.28. The molecule has 0 saturated heterocycles. The van der Waals surface area contributed by atoms with E-state index in [-0.39, 0.29) is 0 Å². The predicted octanol–water partition coefficient (Wildman–Crippen LogP) is 4.04. The Bertz CT molecular complexity index is 644. The molecule has 1 aromatic heterocycles. The molecule has 6 heteroatoms. The summed E-state index contributed by atoms with van der Waals surface area (Å²) in [6, 6.07) is 5.62. The zero-order valence-corrected chi connectivity index (χ0v) is 14.1. The number of anilines is 3. The zero-order chi connectivity index (χ0) is 16.1. The van der Waals surface area contributed by atoms with E-state index in [4.69, 9.17) is 16.3 Å². The van der Waals surface area contributed by atoms with Crippen LogP contribution in [0.15, 0.2) is 24.4 Å². The number of nitrogens with zero attached hydrogens (tertiary/aromatic N) is 3. The molecule has 0 amide bonds. The van der Waals surface area contributed by atoms with Gasteiger partial charge in [0.25, 0.3) is 0 Å². The fraction of sp³-hybridized carbons (Fsp3) is 0.375. The molecule has 1 aromatic carbocycles. The van der Waals surface area contributed by atoms with Crippen molar-refractivity contribution in [3.8, 4) is 5.75 Å². The number of methoxy groups -OCH3 is 1. The molecule has 5 nitrogen and oxygen atoms in total. The highest BCUT2D eigenvalue weighted by Gasteiger charge is 2.10. The summed E-state index contributed by atoms with van der Waals surface area (Å²) in [5.74, 6) is 2.09.